The van der Waals surface area contributed by atoms with Crippen LogP contribution in [0, 0.1) is 11.8 Å². The van der Waals surface area contributed by atoms with Crippen LogP contribution >= 0.6 is 0 Å². The molecule has 1 aliphatic carbocycles. The number of para-hydroxylation sites is 1. The van der Waals surface area contributed by atoms with Gasteiger partial charge in [-0.25, -0.2) is 0 Å². The molecular formula is C20H30N6. The summed E-state index contributed by atoms with van der Waals surface area (Å²) in [5.74, 6) is 3.43. The molecule has 0 spiro atoms. The zero-order chi connectivity index (χ0) is 18.4. The first-order chi connectivity index (χ1) is 12.7. The maximum atomic E-state index is 4.44. The molecule has 1 aromatic heterocycles. The van der Waals surface area contributed by atoms with Crippen molar-refractivity contribution in [2.24, 2.45) is 16.8 Å². The molecule has 0 atom stereocenters. The van der Waals surface area contributed by atoms with E-state index in [1.807, 2.05) is 29.8 Å². The van der Waals surface area contributed by atoms with Crippen LogP contribution < -0.4 is 5.32 Å². The highest BCUT2D eigenvalue weighted by atomic mass is 15.3. The number of aromatic nitrogens is 3. The largest absolute Gasteiger partial charge is 0.349 e. The fraction of sp³-hybridized carbons (Fsp3) is 0.550. The summed E-state index contributed by atoms with van der Waals surface area (Å²) in [4.78, 5) is 6.68. The summed E-state index contributed by atoms with van der Waals surface area (Å²) in [5, 5.41) is 11.8. The number of aliphatic imine (C=N–C) groups is 1. The van der Waals surface area contributed by atoms with Crippen LogP contribution in [0.1, 0.15) is 38.4 Å². The third-order valence-corrected chi connectivity index (χ3v) is 5.30. The molecule has 0 radical (unpaired) electrons. The molecule has 1 fully saturated rings. The molecule has 3 rings (SSSR count). The van der Waals surface area contributed by atoms with Crippen LogP contribution in [0.5, 0.6) is 0 Å². The highest BCUT2D eigenvalue weighted by Gasteiger charge is 2.20. The molecule has 1 saturated carbocycles. The average molecular weight is 355 g/mol. The SMILES string of the molecule is CN=C(NCc1nncn1-c1ccccc1)N(C)CC1CCC(C)CC1. The molecule has 140 valence electrons. The second-order valence-electron chi connectivity index (χ2n) is 7.36. The van der Waals surface area contributed by atoms with Gasteiger partial charge in [-0.1, -0.05) is 38.0 Å². The molecule has 2 aromatic rings. The van der Waals surface area contributed by atoms with Gasteiger partial charge >= 0.3 is 0 Å². The highest BCUT2D eigenvalue weighted by Crippen LogP contribution is 2.28. The predicted molar refractivity (Wildman–Crippen MR) is 105 cm³/mol. The Morgan fingerprint density at radius 3 is 2.65 bits per heavy atom. The third-order valence-electron chi connectivity index (χ3n) is 5.30. The van der Waals surface area contributed by atoms with E-state index in [2.05, 4.69) is 51.5 Å². The van der Waals surface area contributed by atoms with E-state index in [0.29, 0.717) is 6.54 Å². The van der Waals surface area contributed by atoms with Crippen molar-refractivity contribution in [2.75, 3.05) is 20.6 Å². The van der Waals surface area contributed by atoms with Gasteiger partial charge in [0.05, 0.1) is 6.54 Å². The lowest BCUT2D eigenvalue weighted by Crippen LogP contribution is -2.41. The van der Waals surface area contributed by atoms with Crippen molar-refractivity contribution in [2.45, 2.75) is 39.2 Å². The van der Waals surface area contributed by atoms with E-state index in [1.54, 1.807) is 6.33 Å². The Kier molecular flexibility index (Phi) is 6.26. The van der Waals surface area contributed by atoms with Crippen LogP contribution in [-0.2, 0) is 6.54 Å². The first-order valence-corrected chi connectivity index (χ1v) is 9.53. The summed E-state index contributed by atoms with van der Waals surface area (Å²) in [5.41, 5.74) is 1.06. The van der Waals surface area contributed by atoms with E-state index in [4.69, 9.17) is 0 Å². The summed E-state index contributed by atoms with van der Waals surface area (Å²) in [6.07, 6.45) is 7.10. The normalized spacial score (nSPS) is 20.8. The highest BCUT2D eigenvalue weighted by molar-refractivity contribution is 5.79. The second-order valence-corrected chi connectivity index (χ2v) is 7.36. The zero-order valence-corrected chi connectivity index (χ0v) is 16.1. The Bertz CT molecular complexity index is 700. The molecule has 6 heteroatoms. The summed E-state index contributed by atoms with van der Waals surface area (Å²) < 4.78 is 2.00. The lowest BCUT2D eigenvalue weighted by atomic mass is 9.83. The van der Waals surface area contributed by atoms with E-state index in [0.717, 1.165) is 35.9 Å². The summed E-state index contributed by atoms with van der Waals surface area (Å²) in [6.45, 7) is 4.01. The van der Waals surface area contributed by atoms with E-state index >= 15 is 0 Å². The van der Waals surface area contributed by atoms with Gasteiger partial charge in [0.15, 0.2) is 11.8 Å². The zero-order valence-electron chi connectivity index (χ0n) is 16.1. The van der Waals surface area contributed by atoms with Gasteiger partial charge < -0.3 is 10.2 Å². The molecule has 0 amide bonds. The summed E-state index contributed by atoms with van der Waals surface area (Å²) >= 11 is 0. The van der Waals surface area contributed by atoms with Crippen molar-refractivity contribution in [3.63, 3.8) is 0 Å². The molecule has 1 aromatic carbocycles. The van der Waals surface area contributed by atoms with Gasteiger partial charge in [-0.05, 0) is 36.8 Å². The lowest BCUT2D eigenvalue weighted by molar-refractivity contribution is 0.250. The summed E-state index contributed by atoms with van der Waals surface area (Å²) in [6, 6.07) is 10.2. The van der Waals surface area contributed by atoms with Crippen LogP contribution in [0.2, 0.25) is 0 Å². The third kappa shape index (κ3) is 4.62. The monoisotopic (exact) mass is 354 g/mol. The number of benzene rings is 1. The maximum Gasteiger partial charge on any atom is 0.193 e. The Morgan fingerprint density at radius 1 is 1.23 bits per heavy atom. The lowest BCUT2D eigenvalue weighted by Gasteiger charge is -2.31. The topological polar surface area (TPSA) is 58.3 Å². The molecular weight excluding hydrogens is 324 g/mol. The first kappa shape index (κ1) is 18.4. The molecule has 1 aliphatic rings. The van der Waals surface area contributed by atoms with Crippen molar-refractivity contribution in [3.05, 3.63) is 42.5 Å². The fourth-order valence-electron chi connectivity index (χ4n) is 3.71. The number of rotatable bonds is 5. The van der Waals surface area contributed by atoms with Crippen LogP contribution in [0.25, 0.3) is 5.69 Å². The quantitative estimate of drug-likeness (QED) is 0.662. The van der Waals surface area contributed by atoms with Crippen LogP contribution in [0.15, 0.2) is 41.7 Å². The molecule has 1 heterocycles. The molecule has 1 N–H and O–H groups in total. The minimum atomic E-state index is 0.591. The van der Waals surface area contributed by atoms with Gasteiger partial charge in [-0.2, -0.15) is 0 Å². The number of hydrogen-bond donors (Lipinski definition) is 1. The summed E-state index contributed by atoms with van der Waals surface area (Å²) in [7, 11) is 3.96. The smallest absolute Gasteiger partial charge is 0.193 e. The van der Waals surface area contributed by atoms with Crippen molar-refractivity contribution < 1.29 is 0 Å². The van der Waals surface area contributed by atoms with Crippen LogP contribution in [0.3, 0.4) is 0 Å². The standard InChI is InChI=1S/C20H30N6/c1-16-9-11-17(12-10-16)14-25(3)20(21-2)22-13-19-24-23-15-26(19)18-7-5-4-6-8-18/h4-8,15-17H,9-14H2,1-3H3,(H,21,22). The van der Waals surface area contributed by atoms with Crippen molar-refractivity contribution in [1.82, 2.24) is 25.0 Å². The second kappa shape index (κ2) is 8.83. The van der Waals surface area contributed by atoms with Crippen LogP contribution in [-0.4, -0.2) is 46.3 Å². The Hall–Kier alpha value is -2.37. The number of nitrogens with one attached hydrogen (secondary N) is 1. The van der Waals surface area contributed by atoms with Crippen molar-refractivity contribution in [3.8, 4) is 5.69 Å². The molecule has 0 unspecified atom stereocenters. The van der Waals surface area contributed by atoms with Gasteiger partial charge in [0, 0.05) is 26.3 Å². The first-order valence-electron chi connectivity index (χ1n) is 9.53. The van der Waals surface area contributed by atoms with Crippen LogP contribution in [0.4, 0.5) is 0 Å². The van der Waals surface area contributed by atoms with E-state index in [1.165, 1.54) is 25.7 Å². The Balaban J connectivity index is 1.57. The van der Waals surface area contributed by atoms with E-state index in [9.17, 15) is 0 Å². The molecule has 6 nitrogen and oxygen atoms in total. The molecule has 0 aliphatic heterocycles. The number of hydrogen-bond acceptors (Lipinski definition) is 3. The fourth-order valence-corrected chi connectivity index (χ4v) is 3.71. The minimum absolute atomic E-state index is 0.591. The molecule has 0 bridgehead atoms. The van der Waals surface area contributed by atoms with Gasteiger partial charge in [0.1, 0.15) is 6.33 Å². The van der Waals surface area contributed by atoms with Crippen molar-refractivity contribution in [1.29, 1.82) is 0 Å². The van der Waals surface area contributed by atoms with Gasteiger partial charge in [0.2, 0.25) is 0 Å². The average Bonchev–Trinajstić information content (AvgIpc) is 3.13. The predicted octanol–water partition coefficient (Wildman–Crippen LogP) is 3.10. The van der Waals surface area contributed by atoms with E-state index < -0.39 is 0 Å². The van der Waals surface area contributed by atoms with E-state index in [-0.39, 0.29) is 0 Å². The van der Waals surface area contributed by atoms with Gasteiger partial charge in [-0.15, -0.1) is 10.2 Å². The Morgan fingerprint density at radius 2 is 1.96 bits per heavy atom. The van der Waals surface area contributed by atoms with Gasteiger partial charge in [0.25, 0.3) is 0 Å². The molecule has 0 saturated heterocycles. The number of guanidine groups is 1. The Labute approximate surface area is 156 Å². The van der Waals surface area contributed by atoms with Crippen molar-refractivity contribution >= 4 is 5.96 Å². The minimum Gasteiger partial charge on any atom is -0.349 e. The molecule has 26 heavy (non-hydrogen) atoms. The van der Waals surface area contributed by atoms with Gasteiger partial charge in [-0.3, -0.25) is 9.56 Å². The number of nitrogens with zero attached hydrogens (tertiary/aromatic N) is 5. The maximum absolute atomic E-state index is 4.44.